The first-order chi connectivity index (χ1) is 9.06. The maximum atomic E-state index is 10.7. The second-order valence-corrected chi connectivity index (χ2v) is 5.31. The molecule has 1 aliphatic rings. The molecule has 1 saturated heterocycles. The SMILES string of the molecule is C[C@H](O)[C@H]1CCCN(Cc2cccc([N+](=O)[O-])c2)C1. The smallest absolute Gasteiger partial charge is 0.269 e. The summed E-state index contributed by atoms with van der Waals surface area (Å²) in [7, 11) is 0. The van der Waals surface area contributed by atoms with Crippen LogP contribution in [0.15, 0.2) is 24.3 Å². The molecule has 1 aromatic rings. The summed E-state index contributed by atoms with van der Waals surface area (Å²) in [6.07, 6.45) is 1.85. The van der Waals surface area contributed by atoms with Gasteiger partial charge >= 0.3 is 0 Å². The molecule has 0 spiro atoms. The van der Waals surface area contributed by atoms with E-state index in [4.69, 9.17) is 0 Å². The summed E-state index contributed by atoms with van der Waals surface area (Å²) in [5, 5.41) is 20.4. The van der Waals surface area contributed by atoms with Gasteiger partial charge in [-0.15, -0.1) is 0 Å². The summed E-state index contributed by atoms with van der Waals surface area (Å²) in [5.74, 6) is 0.312. The summed E-state index contributed by atoms with van der Waals surface area (Å²) >= 11 is 0. The van der Waals surface area contributed by atoms with Crippen LogP contribution >= 0.6 is 0 Å². The Labute approximate surface area is 113 Å². The third kappa shape index (κ3) is 3.75. The van der Waals surface area contributed by atoms with Gasteiger partial charge in [-0.2, -0.15) is 0 Å². The van der Waals surface area contributed by atoms with Gasteiger partial charge in [0.1, 0.15) is 0 Å². The predicted octanol–water partition coefficient (Wildman–Crippen LogP) is 2.19. The van der Waals surface area contributed by atoms with Crippen LogP contribution < -0.4 is 0 Å². The van der Waals surface area contributed by atoms with Crippen LogP contribution in [0.2, 0.25) is 0 Å². The van der Waals surface area contributed by atoms with Crippen molar-refractivity contribution >= 4 is 5.69 Å². The van der Waals surface area contributed by atoms with Crippen molar-refractivity contribution in [1.82, 2.24) is 4.90 Å². The lowest BCUT2D eigenvalue weighted by atomic mass is 9.93. The Bertz CT molecular complexity index is 448. The molecule has 0 saturated carbocycles. The second-order valence-electron chi connectivity index (χ2n) is 5.31. The minimum Gasteiger partial charge on any atom is -0.393 e. The van der Waals surface area contributed by atoms with Gasteiger partial charge in [-0.05, 0) is 37.8 Å². The summed E-state index contributed by atoms with van der Waals surface area (Å²) in [6, 6.07) is 6.78. The zero-order valence-corrected chi connectivity index (χ0v) is 11.2. The van der Waals surface area contributed by atoms with E-state index in [1.807, 2.05) is 13.0 Å². The third-order valence-electron chi connectivity index (χ3n) is 3.75. The molecule has 1 heterocycles. The first kappa shape index (κ1) is 14.0. The lowest BCUT2D eigenvalue weighted by Gasteiger charge is -2.34. The Hall–Kier alpha value is -1.46. The zero-order valence-electron chi connectivity index (χ0n) is 11.2. The number of benzene rings is 1. The monoisotopic (exact) mass is 264 g/mol. The van der Waals surface area contributed by atoms with Gasteiger partial charge in [0, 0.05) is 25.2 Å². The number of hydrogen-bond acceptors (Lipinski definition) is 4. The molecule has 0 aromatic heterocycles. The van der Waals surface area contributed by atoms with Crippen molar-refractivity contribution in [2.75, 3.05) is 13.1 Å². The largest absolute Gasteiger partial charge is 0.393 e. The molecular weight excluding hydrogens is 244 g/mol. The normalized spacial score (nSPS) is 22.1. The number of nitro benzene ring substituents is 1. The molecule has 19 heavy (non-hydrogen) atoms. The Balaban J connectivity index is 2.00. The Morgan fingerprint density at radius 2 is 2.37 bits per heavy atom. The number of hydrogen-bond donors (Lipinski definition) is 1. The third-order valence-corrected chi connectivity index (χ3v) is 3.75. The van der Waals surface area contributed by atoms with Crippen LogP contribution in [-0.4, -0.2) is 34.1 Å². The van der Waals surface area contributed by atoms with E-state index in [0.29, 0.717) is 12.5 Å². The van der Waals surface area contributed by atoms with Crippen LogP contribution in [0, 0.1) is 16.0 Å². The van der Waals surface area contributed by atoms with Crippen molar-refractivity contribution in [2.45, 2.75) is 32.4 Å². The molecule has 1 aromatic carbocycles. The molecule has 5 nitrogen and oxygen atoms in total. The van der Waals surface area contributed by atoms with E-state index in [-0.39, 0.29) is 16.7 Å². The number of aliphatic hydroxyl groups excluding tert-OH is 1. The van der Waals surface area contributed by atoms with E-state index in [1.165, 1.54) is 6.07 Å². The van der Waals surface area contributed by atoms with Gasteiger partial charge in [0.25, 0.3) is 5.69 Å². The van der Waals surface area contributed by atoms with Gasteiger partial charge < -0.3 is 5.11 Å². The van der Waals surface area contributed by atoms with Crippen LogP contribution in [-0.2, 0) is 6.54 Å². The number of non-ortho nitro benzene ring substituents is 1. The highest BCUT2D eigenvalue weighted by Crippen LogP contribution is 2.22. The highest BCUT2D eigenvalue weighted by Gasteiger charge is 2.23. The van der Waals surface area contributed by atoms with Crippen LogP contribution in [0.4, 0.5) is 5.69 Å². The fourth-order valence-electron chi connectivity index (χ4n) is 2.66. The molecular formula is C14H20N2O3. The molecule has 1 fully saturated rings. The van der Waals surface area contributed by atoms with E-state index >= 15 is 0 Å². The first-order valence-electron chi connectivity index (χ1n) is 6.70. The lowest BCUT2D eigenvalue weighted by Crippen LogP contribution is -2.39. The molecule has 0 aliphatic carbocycles. The lowest BCUT2D eigenvalue weighted by molar-refractivity contribution is -0.384. The van der Waals surface area contributed by atoms with Gasteiger partial charge in [0.05, 0.1) is 11.0 Å². The standard InChI is InChI=1S/C14H20N2O3/c1-11(17)13-5-3-7-15(10-13)9-12-4-2-6-14(8-12)16(18)19/h2,4,6,8,11,13,17H,3,5,7,9-10H2,1H3/t11-,13-/m0/s1. The van der Waals surface area contributed by atoms with Crippen LogP contribution in [0.3, 0.4) is 0 Å². The molecule has 1 aliphatic heterocycles. The van der Waals surface area contributed by atoms with Gasteiger partial charge in [0.2, 0.25) is 0 Å². The van der Waals surface area contributed by atoms with Crippen LogP contribution in [0.1, 0.15) is 25.3 Å². The molecule has 0 unspecified atom stereocenters. The topological polar surface area (TPSA) is 66.6 Å². The second kappa shape index (κ2) is 6.12. The summed E-state index contributed by atoms with van der Waals surface area (Å²) in [6.45, 7) is 4.40. The minimum atomic E-state index is -0.363. The molecule has 0 bridgehead atoms. The van der Waals surface area contributed by atoms with Crippen molar-refractivity contribution < 1.29 is 10.0 Å². The molecule has 2 rings (SSSR count). The highest BCUT2D eigenvalue weighted by atomic mass is 16.6. The van der Waals surface area contributed by atoms with Crippen LogP contribution in [0.5, 0.6) is 0 Å². The number of aliphatic hydroxyl groups is 1. The Morgan fingerprint density at radius 1 is 1.58 bits per heavy atom. The number of piperidine rings is 1. The fourth-order valence-corrected chi connectivity index (χ4v) is 2.66. The molecule has 0 radical (unpaired) electrons. The van der Waals surface area contributed by atoms with E-state index in [1.54, 1.807) is 12.1 Å². The van der Waals surface area contributed by atoms with Gasteiger partial charge in [-0.25, -0.2) is 0 Å². The first-order valence-corrected chi connectivity index (χ1v) is 6.70. The fraction of sp³-hybridized carbons (Fsp3) is 0.571. The molecule has 2 atom stereocenters. The van der Waals surface area contributed by atoms with Crippen molar-refractivity contribution in [3.8, 4) is 0 Å². The number of rotatable bonds is 4. The summed E-state index contributed by atoms with van der Waals surface area (Å²) < 4.78 is 0. The van der Waals surface area contributed by atoms with E-state index < -0.39 is 0 Å². The zero-order chi connectivity index (χ0) is 13.8. The maximum absolute atomic E-state index is 10.7. The van der Waals surface area contributed by atoms with E-state index in [9.17, 15) is 15.2 Å². The molecule has 5 heteroatoms. The quantitative estimate of drug-likeness (QED) is 0.668. The average molecular weight is 264 g/mol. The van der Waals surface area contributed by atoms with Crippen molar-refractivity contribution in [3.05, 3.63) is 39.9 Å². The van der Waals surface area contributed by atoms with Crippen molar-refractivity contribution in [1.29, 1.82) is 0 Å². The van der Waals surface area contributed by atoms with Crippen LogP contribution in [0.25, 0.3) is 0 Å². The maximum Gasteiger partial charge on any atom is 0.269 e. The van der Waals surface area contributed by atoms with Gasteiger partial charge in [-0.1, -0.05) is 12.1 Å². The van der Waals surface area contributed by atoms with Crippen molar-refractivity contribution in [2.24, 2.45) is 5.92 Å². The van der Waals surface area contributed by atoms with Crippen molar-refractivity contribution in [3.63, 3.8) is 0 Å². The Morgan fingerprint density at radius 3 is 3.05 bits per heavy atom. The molecule has 1 N–H and O–H groups in total. The molecule has 0 amide bonds. The Kier molecular flexibility index (Phi) is 4.50. The predicted molar refractivity (Wildman–Crippen MR) is 72.8 cm³/mol. The van der Waals surface area contributed by atoms with Gasteiger partial charge in [0.15, 0.2) is 0 Å². The number of nitrogens with zero attached hydrogens (tertiary/aromatic N) is 2. The number of likely N-dealkylation sites (tertiary alicyclic amines) is 1. The minimum absolute atomic E-state index is 0.140. The molecule has 104 valence electrons. The number of nitro groups is 1. The van der Waals surface area contributed by atoms with E-state index in [0.717, 1.165) is 31.5 Å². The highest BCUT2D eigenvalue weighted by molar-refractivity contribution is 5.34. The average Bonchev–Trinajstić information content (AvgIpc) is 2.39. The summed E-state index contributed by atoms with van der Waals surface area (Å²) in [5.41, 5.74) is 1.10. The summed E-state index contributed by atoms with van der Waals surface area (Å²) in [4.78, 5) is 12.6. The van der Waals surface area contributed by atoms with E-state index in [2.05, 4.69) is 4.90 Å². The van der Waals surface area contributed by atoms with Gasteiger partial charge in [-0.3, -0.25) is 15.0 Å².